The summed E-state index contributed by atoms with van der Waals surface area (Å²) in [6.45, 7) is 0. The molecule has 0 spiro atoms. The fourth-order valence-corrected chi connectivity index (χ4v) is 4.45. The minimum absolute atomic E-state index is 0.466. The van der Waals surface area contributed by atoms with Gasteiger partial charge in [0.15, 0.2) is 0 Å². The quantitative estimate of drug-likeness (QED) is 0.788. The van der Waals surface area contributed by atoms with E-state index in [0.717, 1.165) is 11.8 Å². The minimum atomic E-state index is -0.749. The first-order valence-electron chi connectivity index (χ1n) is 8.50. The molecule has 3 aliphatic rings. The van der Waals surface area contributed by atoms with Gasteiger partial charge < -0.3 is 5.73 Å². The molecule has 0 aromatic heterocycles. The second-order valence-corrected chi connectivity index (χ2v) is 7.10. The van der Waals surface area contributed by atoms with Gasteiger partial charge in [-0.1, -0.05) is 18.2 Å². The van der Waals surface area contributed by atoms with E-state index in [0.29, 0.717) is 18.4 Å². The molecule has 0 amide bonds. The molecule has 112 valence electrons. The second kappa shape index (κ2) is 6.43. The summed E-state index contributed by atoms with van der Waals surface area (Å²) in [6.07, 6.45) is 16.3. The molecule has 3 rings (SSSR count). The Labute approximate surface area is 122 Å². The fraction of sp³-hybridized carbons (Fsp3) is 0.778. The highest BCUT2D eigenvalue weighted by atomic mass is 19.1. The summed E-state index contributed by atoms with van der Waals surface area (Å²) >= 11 is 0. The maximum Gasteiger partial charge on any atom is 0.122 e. The van der Waals surface area contributed by atoms with E-state index < -0.39 is 6.17 Å². The monoisotopic (exact) mass is 277 g/mol. The van der Waals surface area contributed by atoms with Gasteiger partial charge in [0.2, 0.25) is 0 Å². The summed E-state index contributed by atoms with van der Waals surface area (Å²) in [5.74, 6) is 2.56. The average molecular weight is 277 g/mol. The van der Waals surface area contributed by atoms with E-state index in [9.17, 15) is 4.39 Å². The number of alkyl halides is 1. The molecule has 0 aromatic carbocycles. The fourth-order valence-electron chi connectivity index (χ4n) is 4.45. The lowest BCUT2D eigenvalue weighted by Crippen LogP contribution is -2.31. The molecule has 0 heterocycles. The van der Waals surface area contributed by atoms with Crippen molar-refractivity contribution in [2.45, 2.75) is 70.0 Å². The van der Waals surface area contributed by atoms with Crippen molar-refractivity contribution >= 4 is 0 Å². The van der Waals surface area contributed by atoms with Crippen LogP contribution >= 0.6 is 0 Å². The standard InChI is InChI=1S/C18H28FN/c19-17-9-5-15(6-10-17)13-1-3-14(4-2-13)16-7-11-18(20)12-8-16/h5-6,9,13-14,16-18H,1-4,7-8,10-12,20H2. The molecule has 0 bridgehead atoms. The highest BCUT2D eigenvalue weighted by Crippen LogP contribution is 2.42. The predicted octanol–water partition coefficient (Wildman–Crippen LogP) is 4.53. The van der Waals surface area contributed by atoms with Crippen LogP contribution in [0.4, 0.5) is 4.39 Å². The molecule has 0 aliphatic heterocycles. The van der Waals surface area contributed by atoms with Crippen LogP contribution in [0.15, 0.2) is 23.8 Å². The number of rotatable bonds is 2. The van der Waals surface area contributed by atoms with Gasteiger partial charge in [-0.05, 0) is 74.7 Å². The van der Waals surface area contributed by atoms with Crippen molar-refractivity contribution in [2.75, 3.05) is 0 Å². The normalized spacial score (nSPS) is 42.3. The van der Waals surface area contributed by atoms with Crippen LogP contribution in [0.1, 0.15) is 57.8 Å². The Bertz CT molecular complexity index is 371. The van der Waals surface area contributed by atoms with Crippen LogP contribution in [0, 0.1) is 17.8 Å². The van der Waals surface area contributed by atoms with Crippen LogP contribution in [0.25, 0.3) is 0 Å². The SMILES string of the molecule is NC1CCC(C2CCC(C3=CCC(F)C=C3)CC2)CC1. The molecular formula is C18H28FN. The van der Waals surface area contributed by atoms with Gasteiger partial charge in [-0.2, -0.15) is 0 Å². The van der Waals surface area contributed by atoms with Gasteiger partial charge in [0.25, 0.3) is 0 Å². The van der Waals surface area contributed by atoms with Crippen LogP contribution in [0.2, 0.25) is 0 Å². The van der Waals surface area contributed by atoms with Crippen LogP contribution in [0.3, 0.4) is 0 Å². The molecule has 1 unspecified atom stereocenters. The number of halogens is 1. The van der Waals surface area contributed by atoms with Crippen molar-refractivity contribution in [1.29, 1.82) is 0 Å². The third kappa shape index (κ3) is 3.33. The Kier molecular flexibility index (Phi) is 4.60. The second-order valence-electron chi connectivity index (χ2n) is 7.10. The van der Waals surface area contributed by atoms with Gasteiger partial charge in [-0.25, -0.2) is 4.39 Å². The Balaban J connectivity index is 1.49. The molecule has 2 fully saturated rings. The van der Waals surface area contributed by atoms with Crippen LogP contribution in [-0.2, 0) is 0 Å². The zero-order valence-corrected chi connectivity index (χ0v) is 12.4. The average Bonchev–Trinajstić information content (AvgIpc) is 2.49. The Morgan fingerprint density at radius 1 is 0.900 bits per heavy atom. The molecule has 0 saturated heterocycles. The Hall–Kier alpha value is -0.630. The van der Waals surface area contributed by atoms with E-state index in [4.69, 9.17) is 5.73 Å². The number of allylic oxidation sites excluding steroid dienone is 4. The predicted molar refractivity (Wildman–Crippen MR) is 82.1 cm³/mol. The summed E-state index contributed by atoms with van der Waals surface area (Å²) in [5, 5.41) is 0. The largest absolute Gasteiger partial charge is 0.328 e. The van der Waals surface area contributed by atoms with Gasteiger partial charge >= 0.3 is 0 Å². The summed E-state index contributed by atoms with van der Waals surface area (Å²) in [4.78, 5) is 0. The number of hydrogen-bond donors (Lipinski definition) is 1. The Morgan fingerprint density at radius 3 is 2.05 bits per heavy atom. The smallest absolute Gasteiger partial charge is 0.122 e. The molecule has 3 aliphatic carbocycles. The third-order valence-electron chi connectivity index (χ3n) is 5.80. The molecule has 2 heteroatoms. The molecule has 0 radical (unpaired) electrons. The zero-order valence-electron chi connectivity index (χ0n) is 12.4. The maximum absolute atomic E-state index is 13.1. The lowest BCUT2D eigenvalue weighted by Gasteiger charge is -2.37. The summed E-state index contributed by atoms with van der Waals surface area (Å²) in [6, 6.07) is 0.466. The van der Waals surface area contributed by atoms with Crippen molar-refractivity contribution in [3.63, 3.8) is 0 Å². The van der Waals surface area contributed by atoms with Crippen LogP contribution in [-0.4, -0.2) is 12.2 Å². The van der Waals surface area contributed by atoms with Crippen LogP contribution < -0.4 is 5.73 Å². The maximum atomic E-state index is 13.1. The third-order valence-corrected chi connectivity index (χ3v) is 5.80. The van der Waals surface area contributed by atoms with E-state index >= 15 is 0 Å². The van der Waals surface area contributed by atoms with Gasteiger partial charge in [0.1, 0.15) is 6.17 Å². The van der Waals surface area contributed by atoms with Crippen molar-refractivity contribution in [3.8, 4) is 0 Å². The summed E-state index contributed by atoms with van der Waals surface area (Å²) in [7, 11) is 0. The van der Waals surface area contributed by atoms with Crippen molar-refractivity contribution in [2.24, 2.45) is 23.5 Å². The molecule has 1 atom stereocenters. The lowest BCUT2D eigenvalue weighted by atomic mass is 9.69. The van der Waals surface area contributed by atoms with Gasteiger partial charge in [0.05, 0.1) is 0 Å². The molecule has 2 saturated carbocycles. The molecule has 0 aromatic rings. The van der Waals surface area contributed by atoms with E-state index in [1.807, 2.05) is 6.08 Å². The number of hydrogen-bond acceptors (Lipinski definition) is 1. The van der Waals surface area contributed by atoms with Crippen LogP contribution in [0.5, 0.6) is 0 Å². The molecule has 20 heavy (non-hydrogen) atoms. The zero-order chi connectivity index (χ0) is 13.9. The number of nitrogens with two attached hydrogens (primary N) is 1. The first kappa shape index (κ1) is 14.3. The minimum Gasteiger partial charge on any atom is -0.328 e. The molecular weight excluding hydrogens is 249 g/mol. The van der Waals surface area contributed by atoms with Gasteiger partial charge in [-0.15, -0.1) is 0 Å². The summed E-state index contributed by atoms with van der Waals surface area (Å²) in [5.41, 5.74) is 7.42. The Morgan fingerprint density at radius 2 is 1.50 bits per heavy atom. The topological polar surface area (TPSA) is 26.0 Å². The van der Waals surface area contributed by atoms with E-state index in [1.54, 1.807) is 6.08 Å². The van der Waals surface area contributed by atoms with Crippen molar-refractivity contribution in [1.82, 2.24) is 0 Å². The van der Waals surface area contributed by atoms with E-state index in [1.165, 1.54) is 56.9 Å². The van der Waals surface area contributed by atoms with Crippen molar-refractivity contribution in [3.05, 3.63) is 23.8 Å². The van der Waals surface area contributed by atoms with E-state index in [-0.39, 0.29) is 0 Å². The van der Waals surface area contributed by atoms with Gasteiger partial charge in [-0.3, -0.25) is 0 Å². The molecule has 2 N–H and O–H groups in total. The van der Waals surface area contributed by atoms with Gasteiger partial charge in [0, 0.05) is 12.5 Å². The van der Waals surface area contributed by atoms with E-state index in [2.05, 4.69) is 6.08 Å². The first-order valence-corrected chi connectivity index (χ1v) is 8.50. The molecule has 1 nitrogen and oxygen atoms in total. The summed E-state index contributed by atoms with van der Waals surface area (Å²) < 4.78 is 13.1. The highest BCUT2D eigenvalue weighted by Gasteiger charge is 2.31. The highest BCUT2D eigenvalue weighted by molar-refractivity contribution is 5.27. The van der Waals surface area contributed by atoms with Crippen molar-refractivity contribution < 1.29 is 4.39 Å². The first-order chi connectivity index (χ1) is 9.72. The lowest BCUT2D eigenvalue weighted by molar-refractivity contribution is 0.170.